The molecule has 0 saturated carbocycles. The number of carbonyl (C=O) groups is 1. The Morgan fingerprint density at radius 2 is 1.71 bits per heavy atom. The Labute approximate surface area is 133 Å². The van der Waals surface area contributed by atoms with Crippen LogP contribution >= 0.6 is 23.4 Å². The molecule has 0 aliphatic heterocycles. The molecule has 4 N–H and O–H groups in total. The largest absolute Gasteiger partial charge is 0.394 e. The number of thioether (sulfide) groups is 1. The van der Waals surface area contributed by atoms with Crippen molar-refractivity contribution < 1.29 is 20.1 Å². The van der Waals surface area contributed by atoms with Crippen LogP contribution in [0.25, 0.3) is 0 Å². The van der Waals surface area contributed by atoms with Crippen molar-refractivity contribution in [2.75, 3.05) is 25.6 Å². The minimum absolute atomic E-state index is 0.266. The average Bonchev–Trinajstić information content (AvgIpc) is 2.51. The predicted octanol–water partition coefficient (Wildman–Crippen LogP) is 1.04. The Balaban J connectivity index is 2.28. The normalized spacial score (nSPS) is 11.4. The van der Waals surface area contributed by atoms with Gasteiger partial charge in [0, 0.05) is 16.3 Å². The number of amides is 1. The Morgan fingerprint density at radius 3 is 2.24 bits per heavy atom. The van der Waals surface area contributed by atoms with Gasteiger partial charge in [0.05, 0.1) is 19.8 Å². The molecule has 0 spiro atoms. The third-order valence-electron chi connectivity index (χ3n) is 2.94. The molecule has 0 heterocycles. The van der Waals surface area contributed by atoms with Gasteiger partial charge < -0.3 is 20.6 Å². The molecule has 7 heteroatoms. The number of benzene rings is 1. The van der Waals surface area contributed by atoms with Crippen LogP contribution in [0.5, 0.6) is 0 Å². The number of hydrogen-bond acceptors (Lipinski definition) is 5. The summed E-state index contributed by atoms with van der Waals surface area (Å²) in [6.07, 6.45) is 0.916. The summed E-state index contributed by atoms with van der Waals surface area (Å²) < 4.78 is 0. The molecule has 0 fully saturated rings. The number of aliphatic hydroxyl groups is 3. The Kier molecular flexibility index (Phi) is 8.06. The second-order valence-electron chi connectivity index (χ2n) is 4.71. The summed E-state index contributed by atoms with van der Waals surface area (Å²) in [7, 11) is 0. The molecule has 0 aliphatic rings. The molecule has 1 aromatic carbocycles. The maximum absolute atomic E-state index is 11.7. The molecule has 0 aromatic heterocycles. The van der Waals surface area contributed by atoms with Crippen molar-refractivity contribution in [3.8, 4) is 0 Å². The van der Waals surface area contributed by atoms with E-state index in [0.29, 0.717) is 11.4 Å². The summed E-state index contributed by atoms with van der Waals surface area (Å²) in [5.41, 5.74) is -1.35. The molecule has 1 amide bonds. The van der Waals surface area contributed by atoms with E-state index in [1.54, 1.807) is 11.8 Å². The van der Waals surface area contributed by atoms with Crippen molar-refractivity contribution in [1.29, 1.82) is 0 Å². The molecule has 0 unspecified atom stereocenters. The molecule has 1 aromatic rings. The number of halogens is 1. The van der Waals surface area contributed by atoms with Crippen LogP contribution in [0.4, 0.5) is 0 Å². The molecular weight excluding hydrogens is 314 g/mol. The lowest BCUT2D eigenvalue weighted by Gasteiger charge is -2.28. The molecule has 0 bridgehead atoms. The number of rotatable bonds is 9. The Bertz CT molecular complexity index is 429. The van der Waals surface area contributed by atoms with Gasteiger partial charge in [0.25, 0.3) is 0 Å². The third-order valence-corrected chi connectivity index (χ3v) is 4.29. The van der Waals surface area contributed by atoms with Gasteiger partial charge in [-0.25, -0.2) is 0 Å². The maximum atomic E-state index is 11.7. The quantitative estimate of drug-likeness (QED) is 0.400. The van der Waals surface area contributed by atoms with Gasteiger partial charge in [-0.3, -0.25) is 4.79 Å². The fraction of sp³-hybridized carbons (Fsp3) is 0.500. The highest BCUT2D eigenvalue weighted by Crippen LogP contribution is 2.21. The van der Waals surface area contributed by atoms with Crippen molar-refractivity contribution >= 4 is 29.3 Å². The molecule has 0 saturated heterocycles. The first-order chi connectivity index (χ1) is 10.0. The van der Waals surface area contributed by atoms with Crippen LogP contribution in [-0.4, -0.2) is 52.3 Å². The van der Waals surface area contributed by atoms with E-state index in [4.69, 9.17) is 26.9 Å². The molecular formula is C14H20ClNO4S. The predicted molar refractivity (Wildman–Crippen MR) is 83.5 cm³/mol. The highest BCUT2D eigenvalue weighted by molar-refractivity contribution is 7.99. The van der Waals surface area contributed by atoms with E-state index in [1.807, 2.05) is 24.3 Å². The van der Waals surface area contributed by atoms with E-state index in [1.165, 1.54) is 0 Å². The number of nitrogens with one attached hydrogen (secondary N) is 1. The number of aliphatic hydroxyl groups excluding tert-OH is 3. The SMILES string of the molecule is O=C(CCCSc1ccc(Cl)cc1)NC(CO)(CO)CO. The molecule has 0 aliphatic carbocycles. The molecule has 1 rings (SSSR count). The van der Waals surface area contributed by atoms with Crippen LogP contribution in [0.2, 0.25) is 5.02 Å². The molecule has 21 heavy (non-hydrogen) atoms. The Hall–Kier alpha value is -0.790. The zero-order valence-corrected chi connectivity index (χ0v) is 13.2. The molecule has 0 atom stereocenters. The smallest absolute Gasteiger partial charge is 0.220 e. The summed E-state index contributed by atoms with van der Waals surface area (Å²) in [4.78, 5) is 12.8. The number of carbonyl (C=O) groups excluding carboxylic acids is 1. The van der Waals surface area contributed by atoms with E-state index in [0.717, 1.165) is 10.6 Å². The van der Waals surface area contributed by atoms with Crippen LogP contribution in [-0.2, 0) is 4.79 Å². The monoisotopic (exact) mass is 333 g/mol. The van der Waals surface area contributed by atoms with E-state index in [-0.39, 0.29) is 12.3 Å². The highest BCUT2D eigenvalue weighted by Gasteiger charge is 2.29. The Morgan fingerprint density at radius 1 is 1.14 bits per heavy atom. The zero-order chi connectivity index (χ0) is 15.7. The first kappa shape index (κ1) is 18.3. The van der Waals surface area contributed by atoms with E-state index in [9.17, 15) is 4.79 Å². The number of hydrogen-bond donors (Lipinski definition) is 4. The third kappa shape index (κ3) is 6.23. The lowest BCUT2D eigenvalue weighted by Crippen LogP contribution is -2.57. The minimum Gasteiger partial charge on any atom is -0.394 e. The van der Waals surface area contributed by atoms with Gasteiger partial charge in [-0.15, -0.1) is 11.8 Å². The second kappa shape index (κ2) is 9.27. The van der Waals surface area contributed by atoms with E-state index >= 15 is 0 Å². The zero-order valence-electron chi connectivity index (χ0n) is 11.6. The fourth-order valence-electron chi connectivity index (χ4n) is 1.58. The lowest BCUT2D eigenvalue weighted by molar-refractivity contribution is -0.125. The van der Waals surface area contributed by atoms with Crippen molar-refractivity contribution in [1.82, 2.24) is 5.32 Å². The lowest BCUT2D eigenvalue weighted by atomic mass is 10.0. The second-order valence-corrected chi connectivity index (χ2v) is 6.31. The fourth-order valence-corrected chi connectivity index (χ4v) is 2.56. The van der Waals surface area contributed by atoms with Crippen molar-refractivity contribution in [2.45, 2.75) is 23.3 Å². The van der Waals surface area contributed by atoms with Crippen LogP contribution < -0.4 is 5.32 Å². The summed E-state index contributed by atoms with van der Waals surface area (Å²) >= 11 is 7.41. The summed E-state index contributed by atoms with van der Waals surface area (Å²) in [5, 5.41) is 30.5. The molecule has 0 radical (unpaired) electrons. The van der Waals surface area contributed by atoms with Crippen molar-refractivity contribution in [2.24, 2.45) is 0 Å². The van der Waals surface area contributed by atoms with Gasteiger partial charge in [0.2, 0.25) is 5.91 Å². The van der Waals surface area contributed by atoms with Gasteiger partial charge >= 0.3 is 0 Å². The van der Waals surface area contributed by atoms with Crippen LogP contribution in [0.3, 0.4) is 0 Å². The van der Waals surface area contributed by atoms with Crippen LogP contribution in [0.1, 0.15) is 12.8 Å². The summed E-state index contributed by atoms with van der Waals surface area (Å²) in [6, 6.07) is 7.46. The van der Waals surface area contributed by atoms with Gasteiger partial charge in [-0.2, -0.15) is 0 Å². The van der Waals surface area contributed by atoms with Gasteiger partial charge in [0.15, 0.2) is 0 Å². The van der Waals surface area contributed by atoms with Crippen LogP contribution in [0, 0.1) is 0 Å². The maximum Gasteiger partial charge on any atom is 0.220 e. The first-order valence-corrected chi connectivity index (χ1v) is 7.93. The summed E-state index contributed by atoms with van der Waals surface area (Å²) in [5.74, 6) is 0.461. The van der Waals surface area contributed by atoms with Gasteiger partial charge in [-0.1, -0.05) is 11.6 Å². The first-order valence-electron chi connectivity index (χ1n) is 6.57. The van der Waals surface area contributed by atoms with E-state index in [2.05, 4.69) is 5.32 Å². The van der Waals surface area contributed by atoms with Gasteiger partial charge in [0.1, 0.15) is 5.54 Å². The summed E-state index contributed by atoms with van der Waals surface area (Å²) in [6.45, 7) is -1.53. The van der Waals surface area contributed by atoms with Crippen molar-refractivity contribution in [3.05, 3.63) is 29.3 Å². The van der Waals surface area contributed by atoms with Crippen molar-refractivity contribution in [3.63, 3.8) is 0 Å². The standard InChI is InChI=1S/C14H20ClNO4S/c15-11-3-5-12(6-4-11)21-7-1-2-13(20)16-14(8-17,9-18)10-19/h3-6,17-19H,1-2,7-10H2,(H,16,20). The highest BCUT2D eigenvalue weighted by atomic mass is 35.5. The molecule has 118 valence electrons. The topological polar surface area (TPSA) is 89.8 Å². The average molecular weight is 334 g/mol. The minimum atomic E-state index is -1.35. The van der Waals surface area contributed by atoms with Gasteiger partial charge in [-0.05, 0) is 36.4 Å². The van der Waals surface area contributed by atoms with E-state index < -0.39 is 25.4 Å². The van der Waals surface area contributed by atoms with Crippen LogP contribution in [0.15, 0.2) is 29.2 Å². The molecule has 5 nitrogen and oxygen atoms in total.